The van der Waals surface area contributed by atoms with Crippen molar-refractivity contribution in [1.29, 1.82) is 5.26 Å². The van der Waals surface area contributed by atoms with Crippen molar-refractivity contribution in [2.75, 3.05) is 23.3 Å². The van der Waals surface area contributed by atoms with E-state index in [1.165, 1.54) is 0 Å². The van der Waals surface area contributed by atoms with Crippen LogP contribution in [0.4, 0.5) is 11.4 Å². The van der Waals surface area contributed by atoms with E-state index in [0.717, 1.165) is 53.9 Å². The second kappa shape index (κ2) is 7.92. The van der Waals surface area contributed by atoms with Gasteiger partial charge in [0.25, 0.3) is 5.91 Å². The first-order chi connectivity index (χ1) is 14.0. The van der Waals surface area contributed by atoms with Crippen LogP contribution in [0.2, 0.25) is 0 Å². The smallest absolute Gasteiger partial charge is 0.257 e. The number of hydrogen-bond donors (Lipinski definition) is 1. The molecule has 0 aromatic heterocycles. The van der Waals surface area contributed by atoms with Crippen molar-refractivity contribution in [3.63, 3.8) is 0 Å². The number of anilines is 2. The highest BCUT2D eigenvalue weighted by Gasteiger charge is 2.21. The fourth-order valence-electron chi connectivity index (χ4n) is 4.13. The second-order valence-electron chi connectivity index (χ2n) is 7.68. The third kappa shape index (κ3) is 3.93. The fraction of sp³-hybridized carbons (Fsp3) is 0.292. The fourth-order valence-corrected chi connectivity index (χ4v) is 4.13. The standard InChI is InChI=1S/C24H23N3O2/c1-16-12-20(28)14-18-5-6-19(15-21(16)18)26-24(29)22-13-17(8-9-25)4-7-23(22)27-10-2-3-11-27/h4-7,12-13,15H,2-3,8,10-11,14H2,1H3,(H,26,29). The van der Waals surface area contributed by atoms with Gasteiger partial charge < -0.3 is 10.2 Å². The Balaban J connectivity index is 1.64. The van der Waals surface area contributed by atoms with Crippen LogP contribution in [0.25, 0.3) is 5.57 Å². The van der Waals surface area contributed by atoms with Crippen LogP contribution in [0.3, 0.4) is 0 Å². The Morgan fingerprint density at radius 1 is 1.17 bits per heavy atom. The predicted octanol–water partition coefficient (Wildman–Crippen LogP) is 4.13. The largest absolute Gasteiger partial charge is 0.371 e. The zero-order valence-corrected chi connectivity index (χ0v) is 16.5. The number of nitrogens with zero attached hydrogens (tertiary/aromatic N) is 2. The van der Waals surface area contributed by atoms with E-state index in [0.29, 0.717) is 17.7 Å². The monoisotopic (exact) mass is 385 g/mol. The number of nitrogens with one attached hydrogen (secondary N) is 1. The van der Waals surface area contributed by atoms with Gasteiger partial charge in [0, 0.05) is 30.9 Å². The van der Waals surface area contributed by atoms with Gasteiger partial charge in [0.2, 0.25) is 0 Å². The van der Waals surface area contributed by atoms with Crippen LogP contribution >= 0.6 is 0 Å². The van der Waals surface area contributed by atoms with Crippen molar-refractivity contribution in [1.82, 2.24) is 0 Å². The molecule has 0 bridgehead atoms. The number of carbonyl (C=O) groups excluding carboxylic acids is 2. The average molecular weight is 385 g/mol. The Bertz CT molecular complexity index is 1060. The minimum absolute atomic E-state index is 0.108. The highest BCUT2D eigenvalue weighted by atomic mass is 16.1. The molecule has 1 aliphatic heterocycles. The van der Waals surface area contributed by atoms with Gasteiger partial charge in [-0.2, -0.15) is 5.26 Å². The number of rotatable bonds is 4. The topological polar surface area (TPSA) is 73.2 Å². The zero-order chi connectivity index (χ0) is 20.4. The van der Waals surface area contributed by atoms with Gasteiger partial charge in [-0.1, -0.05) is 12.1 Å². The predicted molar refractivity (Wildman–Crippen MR) is 114 cm³/mol. The number of amides is 1. The molecule has 2 aliphatic rings. The molecule has 2 aromatic carbocycles. The van der Waals surface area contributed by atoms with Crippen LogP contribution in [0.5, 0.6) is 0 Å². The molecule has 5 nitrogen and oxygen atoms in total. The molecular formula is C24H23N3O2. The first kappa shape index (κ1) is 18.9. The first-order valence-electron chi connectivity index (χ1n) is 9.96. The summed E-state index contributed by atoms with van der Waals surface area (Å²) in [7, 11) is 0. The van der Waals surface area contributed by atoms with E-state index in [1.807, 2.05) is 43.3 Å². The molecule has 4 rings (SSSR count). The quantitative estimate of drug-likeness (QED) is 0.859. The summed E-state index contributed by atoms with van der Waals surface area (Å²) in [5.41, 5.74) is 5.96. The normalized spacial score (nSPS) is 15.5. The highest BCUT2D eigenvalue weighted by Crippen LogP contribution is 2.30. The maximum absolute atomic E-state index is 13.2. The lowest BCUT2D eigenvalue weighted by Gasteiger charge is -2.22. The minimum atomic E-state index is -0.180. The maximum Gasteiger partial charge on any atom is 0.257 e. The third-order valence-corrected chi connectivity index (χ3v) is 5.57. The van der Waals surface area contributed by atoms with Gasteiger partial charge in [-0.15, -0.1) is 0 Å². The van der Waals surface area contributed by atoms with Crippen LogP contribution in [-0.2, 0) is 17.6 Å². The number of ketones is 1. The Morgan fingerprint density at radius 3 is 2.72 bits per heavy atom. The highest BCUT2D eigenvalue weighted by molar-refractivity contribution is 6.09. The Kier molecular flexibility index (Phi) is 5.18. The van der Waals surface area contributed by atoms with E-state index >= 15 is 0 Å². The van der Waals surface area contributed by atoms with E-state index in [4.69, 9.17) is 5.26 Å². The molecule has 0 unspecified atom stereocenters. The van der Waals surface area contributed by atoms with Gasteiger partial charge in [-0.25, -0.2) is 0 Å². The molecule has 1 aliphatic carbocycles. The summed E-state index contributed by atoms with van der Waals surface area (Å²) in [6, 6.07) is 13.5. The molecule has 1 heterocycles. The van der Waals surface area contributed by atoms with Gasteiger partial charge in [0.05, 0.1) is 18.1 Å². The number of carbonyl (C=O) groups is 2. The van der Waals surface area contributed by atoms with E-state index in [9.17, 15) is 9.59 Å². The molecule has 1 amide bonds. The Morgan fingerprint density at radius 2 is 1.97 bits per heavy atom. The zero-order valence-electron chi connectivity index (χ0n) is 16.5. The second-order valence-corrected chi connectivity index (χ2v) is 7.68. The third-order valence-electron chi connectivity index (χ3n) is 5.57. The summed E-state index contributed by atoms with van der Waals surface area (Å²) in [6.45, 7) is 3.79. The number of hydrogen-bond acceptors (Lipinski definition) is 4. The summed E-state index contributed by atoms with van der Waals surface area (Å²) in [5, 5.41) is 12.0. The van der Waals surface area contributed by atoms with Gasteiger partial charge in [-0.3, -0.25) is 9.59 Å². The molecule has 0 spiro atoms. The lowest BCUT2D eigenvalue weighted by atomic mass is 9.90. The van der Waals surface area contributed by atoms with Crippen molar-refractivity contribution < 1.29 is 9.59 Å². The summed E-state index contributed by atoms with van der Waals surface area (Å²) in [6.07, 6.45) is 4.57. The Hall–Kier alpha value is -3.39. The van der Waals surface area contributed by atoms with Crippen LogP contribution in [0.15, 0.2) is 42.5 Å². The van der Waals surface area contributed by atoms with Gasteiger partial charge in [0.15, 0.2) is 5.78 Å². The van der Waals surface area contributed by atoms with E-state index < -0.39 is 0 Å². The molecule has 5 heteroatoms. The molecule has 29 heavy (non-hydrogen) atoms. The number of allylic oxidation sites excluding steroid dienone is 2. The van der Waals surface area contributed by atoms with Crippen molar-refractivity contribution in [2.24, 2.45) is 0 Å². The lowest BCUT2D eigenvalue weighted by Crippen LogP contribution is -2.23. The van der Waals surface area contributed by atoms with Gasteiger partial charge >= 0.3 is 0 Å². The number of nitriles is 1. The maximum atomic E-state index is 13.2. The number of benzene rings is 2. The van der Waals surface area contributed by atoms with Crippen LogP contribution in [0.1, 0.15) is 46.8 Å². The summed E-state index contributed by atoms with van der Waals surface area (Å²) in [5.74, 6) is -0.0727. The molecule has 2 aromatic rings. The first-order valence-corrected chi connectivity index (χ1v) is 9.96. The van der Waals surface area contributed by atoms with Crippen LogP contribution in [0, 0.1) is 11.3 Å². The van der Waals surface area contributed by atoms with Gasteiger partial charge in [0.1, 0.15) is 0 Å². The van der Waals surface area contributed by atoms with Crippen molar-refractivity contribution in [3.8, 4) is 6.07 Å². The molecule has 1 N–H and O–H groups in total. The van der Waals surface area contributed by atoms with E-state index in [-0.39, 0.29) is 18.1 Å². The summed E-state index contributed by atoms with van der Waals surface area (Å²) < 4.78 is 0. The molecule has 1 fully saturated rings. The average Bonchev–Trinajstić information content (AvgIpc) is 3.23. The van der Waals surface area contributed by atoms with E-state index in [1.54, 1.807) is 6.08 Å². The minimum Gasteiger partial charge on any atom is -0.371 e. The van der Waals surface area contributed by atoms with Gasteiger partial charge in [-0.05, 0) is 72.4 Å². The molecule has 1 saturated heterocycles. The van der Waals surface area contributed by atoms with Crippen LogP contribution in [-0.4, -0.2) is 24.8 Å². The molecular weight excluding hydrogens is 362 g/mol. The van der Waals surface area contributed by atoms with Crippen molar-refractivity contribution in [2.45, 2.75) is 32.6 Å². The van der Waals surface area contributed by atoms with Crippen molar-refractivity contribution >= 4 is 28.6 Å². The number of fused-ring (bicyclic) bond motifs is 1. The molecule has 146 valence electrons. The summed E-state index contributed by atoms with van der Waals surface area (Å²) >= 11 is 0. The molecule has 0 saturated carbocycles. The van der Waals surface area contributed by atoms with Crippen LogP contribution < -0.4 is 10.2 Å². The molecule has 0 atom stereocenters. The molecule has 0 radical (unpaired) electrons. The Labute approximate surface area is 170 Å². The summed E-state index contributed by atoms with van der Waals surface area (Å²) in [4.78, 5) is 27.2. The lowest BCUT2D eigenvalue weighted by molar-refractivity contribution is -0.114. The van der Waals surface area contributed by atoms with Crippen molar-refractivity contribution in [3.05, 3.63) is 64.7 Å². The van der Waals surface area contributed by atoms with E-state index in [2.05, 4.69) is 16.3 Å². The SMILES string of the molecule is CC1=CC(=O)Cc2ccc(NC(=O)c3cc(CC#N)ccc3N3CCCC3)cc21.